The summed E-state index contributed by atoms with van der Waals surface area (Å²) in [5.74, 6) is -1.98. The summed E-state index contributed by atoms with van der Waals surface area (Å²) in [4.78, 5) is 50.9. The van der Waals surface area contributed by atoms with E-state index in [1.165, 1.54) is 18.2 Å². The van der Waals surface area contributed by atoms with Gasteiger partial charge in [0.05, 0.1) is 15.7 Å². The predicted molar refractivity (Wildman–Crippen MR) is 142 cm³/mol. The fourth-order valence-electron chi connectivity index (χ4n) is 3.59. The lowest BCUT2D eigenvalue weighted by atomic mass is 10.1. The summed E-state index contributed by atoms with van der Waals surface area (Å²) < 4.78 is 5.54. The van der Waals surface area contributed by atoms with Gasteiger partial charge in [-0.15, -0.1) is 0 Å². The first-order chi connectivity index (χ1) is 17.6. The first kappa shape index (κ1) is 25.9. The van der Waals surface area contributed by atoms with E-state index >= 15 is 0 Å². The lowest BCUT2D eigenvalue weighted by Crippen LogP contribution is -2.54. The van der Waals surface area contributed by atoms with Gasteiger partial charge in [-0.25, -0.2) is 9.69 Å². The molecule has 2 N–H and O–H groups in total. The Kier molecular flexibility index (Phi) is 7.61. The molecule has 0 bridgehead atoms. The molecule has 4 rings (SSSR count). The van der Waals surface area contributed by atoms with Crippen molar-refractivity contribution in [3.05, 3.63) is 93.0 Å². The average Bonchev–Trinajstić information content (AvgIpc) is 2.84. The van der Waals surface area contributed by atoms with Crippen molar-refractivity contribution >= 4 is 64.4 Å². The second-order valence-corrected chi connectivity index (χ2v) is 9.06. The molecule has 0 saturated carbocycles. The molecule has 0 atom stereocenters. The van der Waals surface area contributed by atoms with Gasteiger partial charge in [-0.1, -0.05) is 47.5 Å². The molecule has 8 nitrogen and oxygen atoms in total. The van der Waals surface area contributed by atoms with Crippen molar-refractivity contribution in [2.75, 3.05) is 16.8 Å². The SMILES string of the molecule is Cc1ccc(NC(=O)COc2c(Cl)cc(/C=C3/C(=O)NC(=O)N(c4ccccc4)C3=O)cc2Cl)cc1C. The third-order valence-electron chi connectivity index (χ3n) is 5.59. The molecule has 0 spiro atoms. The number of urea groups is 1. The van der Waals surface area contributed by atoms with E-state index in [4.69, 9.17) is 27.9 Å². The number of anilines is 2. The van der Waals surface area contributed by atoms with Gasteiger partial charge in [-0.05, 0) is 73.0 Å². The quantitative estimate of drug-likeness (QED) is 0.328. The van der Waals surface area contributed by atoms with E-state index in [1.807, 2.05) is 26.0 Å². The Balaban J connectivity index is 1.50. The molecule has 0 aliphatic carbocycles. The van der Waals surface area contributed by atoms with Crippen LogP contribution in [0.4, 0.5) is 16.2 Å². The molecule has 0 unspecified atom stereocenters. The molecule has 1 aliphatic heterocycles. The van der Waals surface area contributed by atoms with Crippen LogP contribution in [-0.2, 0) is 14.4 Å². The maximum atomic E-state index is 13.0. The standard InChI is InChI=1S/C27H21Cl2N3O5/c1-15-8-9-18(10-16(15)2)30-23(33)14-37-24-21(28)12-17(13-22(24)29)11-20-25(34)31-27(36)32(26(20)35)19-6-4-3-5-7-19/h3-13H,14H2,1-2H3,(H,30,33)(H,31,34,36)/b20-11-. The van der Waals surface area contributed by atoms with Crippen molar-refractivity contribution in [3.8, 4) is 5.75 Å². The van der Waals surface area contributed by atoms with E-state index in [-0.39, 0.29) is 28.0 Å². The van der Waals surface area contributed by atoms with Gasteiger partial charge < -0.3 is 10.1 Å². The predicted octanol–water partition coefficient (Wildman–Crippen LogP) is 5.29. The smallest absolute Gasteiger partial charge is 0.335 e. The molecule has 1 aliphatic rings. The molecule has 0 aromatic heterocycles. The normalized spacial score (nSPS) is 14.5. The molecule has 10 heteroatoms. The summed E-state index contributed by atoms with van der Waals surface area (Å²) in [7, 11) is 0. The highest BCUT2D eigenvalue weighted by Gasteiger charge is 2.36. The van der Waals surface area contributed by atoms with Crippen molar-refractivity contribution in [3.63, 3.8) is 0 Å². The van der Waals surface area contributed by atoms with E-state index in [9.17, 15) is 19.2 Å². The largest absolute Gasteiger partial charge is 0.481 e. The molecule has 0 radical (unpaired) electrons. The Morgan fingerprint density at radius 1 is 0.973 bits per heavy atom. The fourth-order valence-corrected chi connectivity index (χ4v) is 4.20. The van der Waals surface area contributed by atoms with Gasteiger partial charge in [0.15, 0.2) is 12.4 Å². The monoisotopic (exact) mass is 537 g/mol. The number of nitrogens with one attached hydrogen (secondary N) is 2. The minimum atomic E-state index is -0.850. The third kappa shape index (κ3) is 5.82. The highest BCUT2D eigenvalue weighted by Crippen LogP contribution is 2.35. The summed E-state index contributed by atoms with van der Waals surface area (Å²) in [6.07, 6.45) is 1.27. The Hall–Kier alpha value is -4.14. The number of para-hydroxylation sites is 1. The molecular weight excluding hydrogens is 517 g/mol. The minimum Gasteiger partial charge on any atom is -0.481 e. The van der Waals surface area contributed by atoms with Gasteiger partial charge in [0.25, 0.3) is 17.7 Å². The third-order valence-corrected chi connectivity index (χ3v) is 6.15. The molecule has 37 heavy (non-hydrogen) atoms. The van der Waals surface area contributed by atoms with Crippen molar-refractivity contribution in [1.29, 1.82) is 0 Å². The zero-order valence-electron chi connectivity index (χ0n) is 19.8. The number of hydrogen-bond donors (Lipinski definition) is 2. The van der Waals surface area contributed by atoms with E-state index < -0.39 is 23.8 Å². The van der Waals surface area contributed by atoms with E-state index in [0.717, 1.165) is 16.0 Å². The van der Waals surface area contributed by atoms with Gasteiger partial charge in [0.1, 0.15) is 5.57 Å². The Labute approximate surface area is 222 Å². The van der Waals surface area contributed by atoms with Crippen LogP contribution in [0, 0.1) is 13.8 Å². The zero-order chi connectivity index (χ0) is 26.7. The van der Waals surface area contributed by atoms with E-state index in [1.54, 1.807) is 36.4 Å². The van der Waals surface area contributed by atoms with Crippen LogP contribution in [0.15, 0.2) is 66.2 Å². The van der Waals surface area contributed by atoms with Crippen molar-refractivity contribution in [2.24, 2.45) is 0 Å². The van der Waals surface area contributed by atoms with Crippen LogP contribution in [0.25, 0.3) is 6.08 Å². The molecule has 188 valence electrons. The first-order valence-electron chi connectivity index (χ1n) is 11.1. The van der Waals surface area contributed by atoms with E-state index in [2.05, 4.69) is 10.6 Å². The second kappa shape index (κ2) is 10.9. The Bertz CT molecular complexity index is 1430. The lowest BCUT2D eigenvalue weighted by Gasteiger charge is -2.26. The highest BCUT2D eigenvalue weighted by atomic mass is 35.5. The summed E-state index contributed by atoms with van der Waals surface area (Å²) in [5.41, 5.74) is 3.13. The van der Waals surface area contributed by atoms with Crippen molar-refractivity contribution < 1.29 is 23.9 Å². The summed E-state index contributed by atoms with van der Waals surface area (Å²) >= 11 is 12.7. The number of rotatable bonds is 6. The van der Waals surface area contributed by atoms with Crippen LogP contribution in [0.2, 0.25) is 10.0 Å². The average molecular weight is 538 g/mol. The van der Waals surface area contributed by atoms with Crippen molar-refractivity contribution in [2.45, 2.75) is 13.8 Å². The number of nitrogens with zero attached hydrogens (tertiary/aromatic N) is 1. The topological polar surface area (TPSA) is 105 Å². The van der Waals surface area contributed by atoms with Crippen LogP contribution in [0.5, 0.6) is 5.75 Å². The zero-order valence-corrected chi connectivity index (χ0v) is 21.3. The summed E-state index contributed by atoms with van der Waals surface area (Å²) in [5, 5.41) is 5.03. The fraction of sp³-hybridized carbons (Fsp3) is 0.111. The number of benzene rings is 3. The van der Waals surface area contributed by atoms with Crippen LogP contribution in [-0.4, -0.2) is 30.4 Å². The van der Waals surface area contributed by atoms with Crippen molar-refractivity contribution in [1.82, 2.24) is 5.32 Å². The van der Waals surface area contributed by atoms with Gasteiger partial charge in [0, 0.05) is 5.69 Å². The summed E-state index contributed by atoms with van der Waals surface area (Å²) in [6.45, 7) is 3.57. The lowest BCUT2D eigenvalue weighted by molar-refractivity contribution is -0.122. The van der Waals surface area contributed by atoms with Crippen LogP contribution >= 0.6 is 23.2 Å². The molecule has 5 amide bonds. The van der Waals surface area contributed by atoms with Crippen LogP contribution < -0.4 is 20.3 Å². The highest BCUT2D eigenvalue weighted by molar-refractivity contribution is 6.40. The van der Waals surface area contributed by atoms with Gasteiger partial charge in [-0.2, -0.15) is 0 Å². The van der Waals surface area contributed by atoms with Gasteiger partial charge in [-0.3, -0.25) is 19.7 Å². The Morgan fingerprint density at radius 3 is 2.30 bits per heavy atom. The molecule has 1 heterocycles. The second-order valence-electron chi connectivity index (χ2n) is 8.24. The summed E-state index contributed by atoms with van der Waals surface area (Å²) in [6, 6.07) is 15.8. The number of aryl methyl sites for hydroxylation is 2. The number of carbonyl (C=O) groups is 4. The molecule has 3 aromatic rings. The number of hydrogen-bond acceptors (Lipinski definition) is 5. The number of carbonyl (C=O) groups excluding carboxylic acids is 4. The molecule has 3 aromatic carbocycles. The minimum absolute atomic E-state index is 0.0676. The maximum absolute atomic E-state index is 13.0. The van der Waals surface area contributed by atoms with Crippen LogP contribution in [0.1, 0.15) is 16.7 Å². The molecular formula is C27H21Cl2N3O5. The number of amides is 5. The maximum Gasteiger partial charge on any atom is 0.335 e. The van der Waals surface area contributed by atoms with Gasteiger partial charge >= 0.3 is 6.03 Å². The number of imide groups is 2. The number of halogens is 2. The van der Waals surface area contributed by atoms with Gasteiger partial charge in [0.2, 0.25) is 0 Å². The van der Waals surface area contributed by atoms with Crippen LogP contribution in [0.3, 0.4) is 0 Å². The molecule has 1 saturated heterocycles. The number of barbiturate groups is 1. The first-order valence-corrected chi connectivity index (χ1v) is 11.8. The number of ether oxygens (including phenoxy) is 1. The molecule has 1 fully saturated rings. The Morgan fingerprint density at radius 2 is 1.65 bits per heavy atom. The van der Waals surface area contributed by atoms with E-state index in [0.29, 0.717) is 16.9 Å².